The summed E-state index contributed by atoms with van der Waals surface area (Å²) in [6.07, 6.45) is 2.94. The number of hydrazone groups is 1. The first kappa shape index (κ1) is 13.4. The highest BCUT2D eigenvalue weighted by atomic mass is 79.9. The number of para-hydroxylation sites is 1. The fourth-order valence-electron chi connectivity index (χ4n) is 1.27. The van der Waals surface area contributed by atoms with Crippen molar-refractivity contribution >= 4 is 28.1 Å². The minimum Gasteiger partial charge on any atom is -0.483 e. The van der Waals surface area contributed by atoms with E-state index < -0.39 is 0 Å². The normalized spacial score (nSPS) is 10.6. The maximum Gasteiger partial charge on any atom is 0.277 e. The van der Waals surface area contributed by atoms with E-state index in [-0.39, 0.29) is 12.5 Å². The quantitative estimate of drug-likeness (QED) is 0.679. The molecule has 1 aromatic heterocycles. The molecule has 0 fully saturated rings. The van der Waals surface area contributed by atoms with E-state index in [2.05, 4.69) is 26.5 Å². The van der Waals surface area contributed by atoms with E-state index in [4.69, 9.17) is 9.15 Å². The zero-order valence-corrected chi connectivity index (χ0v) is 11.5. The Morgan fingerprint density at radius 3 is 2.95 bits per heavy atom. The number of hydrogen-bond acceptors (Lipinski definition) is 4. The van der Waals surface area contributed by atoms with Gasteiger partial charge in [0.05, 0.1) is 17.0 Å². The number of halogens is 1. The first-order valence-corrected chi connectivity index (χ1v) is 6.28. The summed E-state index contributed by atoms with van der Waals surface area (Å²) in [5.74, 6) is 0.818. The monoisotopic (exact) mass is 322 g/mol. The maximum absolute atomic E-state index is 11.5. The predicted molar refractivity (Wildman–Crippen MR) is 74.1 cm³/mol. The fourth-order valence-corrected chi connectivity index (χ4v) is 1.67. The van der Waals surface area contributed by atoms with E-state index in [0.717, 1.165) is 4.47 Å². The second kappa shape index (κ2) is 6.75. The molecule has 1 amide bonds. The van der Waals surface area contributed by atoms with Crippen molar-refractivity contribution in [3.05, 3.63) is 52.9 Å². The number of amides is 1. The number of carbonyl (C=O) groups excluding carboxylic acids is 1. The second-order valence-corrected chi connectivity index (χ2v) is 4.38. The Balaban J connectivity index is 1.78. The third-order valence-electron chi connectivity index (χ3n) is 2.12. The molecule has 0 bridgehead atoms. The van der Waals surface area contributed by atoms with E-state index in [1.54, 1.807) is 18.2 Å². The van der Waals surface area contributed by atoms with Crippen LogP contribution in [0.25, 0.3) is 0 Å². The number of nitrogens with zero attached hydrogens (tertiary/aromatic N) is 1. The summed E-state index contributed by atoms with van der Waals surface area (Å²) in [5.41, 5.74) is 2.34. The number of nitrogens with one attached hydrogen (secondary N) is 1. The van der Waals surface area contributed by atoms with Crippen LogP contribution in [0.5, 0.6) is 5.75 Å². The molecule has 0 saturated carbocycles. The van der Waals surface area contributed by atoms with E-state index >= 15 is 0 Å². The van der Waals surface area contributed by atoms with E-state index in [1.807, 2.05) is 18.2 Å². The predicted octanol–water partition coefficient (Wildman–Crippen LogP) is 2.57. The van der Waals surface area contributed by atoms with Crippen LogP contribution >= 0.6 is 15.9 Å². The number of hydrogen-bond donors (Lipinski definition) is 1. The van der Waals surface area contributed by atoms with Crippen LogP contribution in [0.1, 0.15) is 5.76 Å². The standard InChI is InChI=1S/C13H11BrN2O3/c14-11-5-1-2-6-12(11)19-9-13(17)16-15-8-10-4-3-7-18-10/h1-8H,9H2,(H,16,17)/b15-8+. The van der Waals surface area contributed by atoms with Gasteiger partial charge in [0.15, 0.2) is 6.61 Å². The van der Waals surface area contributed by atoms with Crippen molar-refractivity contribution in [3.8, 4) is 5.75 Å². The Morgan fingerprint density at radius 2 is 2.21 bits per heavy atom. The molecule has 2 aromatic rings. The van der Waals surface area contributed by atoms with Crippen molar-refractivity contribution < 1.29 is 13.9 Å². The fraction of sp³-hybridized carbons (Fsp3) is 0.0769. The van der Waals surface area contributed by atoms with Crippen molar-refractivity contribution in [3.63, 3.8) is 0 Å². The molecule has 0 aliphatic rings. The highest BCUT2D eigenvalue weighted by Gasteiger charge is 2.03. The van der Waals surface area contributed by atoms with Gasteiger partial charge in [0.2, 0.25) is 0 Å². The van der Waals surface area contributed by atoms with E-state index in [0.29, 0.717) is 11.5 Å². The summed E-state index contributed by atoms with van der Waals surface area (Å²) in [4.78, 5) is 11.5. The summed E-state index contributed by atoms with van der Waals surface area (Å²) >= 11 is 3.33. The third kappa shape index (κ3) is 4.26. The van der Waals surface area contributed by atoms with Gasteiger partial charge in [-0.2, -0.15) is 5.10 Å². The van der Waals surface area contributed by atoms with Gasteiger partial charge in [0, 0.05) is 0 Å². The molecule has 5 nitrogen and oxygen atoms in total. The molecule has 0 aliphatic carbocycles. The minimum atomic E-state index is -0.349. The zero-order chi connectivity index (χ0) is 13.5. The van der Waals surface area contributed by atoms with Gasteiger partial charge in [-0.1, -0.05) is 12.1 Å². The molecule has 1 N–H and O–H groups in total. The highest BCUT2D eigenvalue weighted by molar-refractivity contribution is 9.10. The summed E-state index contributed by atoms with van der Waals surface area (Å²) < 4.78 is 11.1. The molecule has 98 valence electrons. The van der Waals surface area contributed by atoms with Crippen molar-refractivity contribution in [1.29, 1.82) is 0 Å². The van der Waals surface area contributed by atoms with Crippen molar-refractivity contribution in [2.45, 2.75) is 0 Å². The maximum atomic E-state index is 11.5. The zero-order valence-electron chi connectivity index (χ0n) is 9.88. The van der Waals surface area contributed by atoms with Crippen LogP contribution in [0.2, 0.25) is 0 Å². The van der Waals surface area contributed by atoms with Crippen LogP contribution in [0, 0.1) is 0 Å². The second-order valence-electron chi connectivity index (χ2n) is 3.53. The summed E-state index contributed by atoms with van der Waals surface area (Å²) in [6, 6.07) is 10.8. The number of furan rings is 1. The van der Waals surface area contributed by atoms with Crippen LogP contribution < -0.4 is 10.2 Å². The summed E-state index contributed by atoms with van der Waals surface area (Å²) in [7, 11) is 0. The molecule has 0 saturated heterocycles. The molecule has 1 aromatic carbocycles. The molecule has 6 heteroatoms. The number of rotatable bonds is 5. The molecule has 0 spiro atoms. The first-order valence-electron chi connectivity index (χ1n) is 5.48. The first-order chi connectivity index (χ1) is 9.25. The van der Waals surface area contributed by atoms with Crippen LogP contribution in [0.4, 0.5) is 0 Å². The molecule has 0 unspecified atom stereocenters. The van der Waals surface area contributed by atoms with Gasteiger partial charge in [0.1, 0.15) is 11.5 Å². The lowest BCUT2D eigenvalue weighted by Crippen LogP contribution is -2.24. The van der Waals surface area contributed by atoms with E-state index in [1.165, 1.54) is 12.5 Å². The Labute approximate surface area is 118 Å². The Hall–Kier alpha value is -2.08. The van der Waals surface area contributed by atoms with Gasteiger partial charge < -0.3 is 9.15 Å². The van der Waals surface area contributed by atoms with Gasteiger partial charge in [-0.05, 0) is 40.2 Å². The Kier molecular flexibility index (Phi) is 4.74. The lowest BCUT2D eigenvalue weighted by Gasteiger charge is -2.06. The number of benzene rings is 1. The molecular formula is C13H11BrN2O3. The molecule has 0 atom stereocenters. The van der Waals surface area contributed by atoms with Gasteiger partial charge in [-0.25, -0.2) is 5.43 Å². The SMILES string of the molecule is O=C(COc1ccccc1Br)N/N=C/c1ccco1. The van der Waals surface area contributed by atoms with Crippen molar-refractivity contribution in [2.75, 3.05) is 6.61 Å². The average molecular weight is 323 g/mol. The highest BCUT2D eigenvalue weighted by Crippen LogP contribution is 2.23. The van der Waals surface area contributed by atoms with Gasteiger partial charge >= 0.3 is 0 Å². The molecule has 19 heavy (non-hydrogen) atoms. The lowest BCUT2D eigenvalue weighted by atomic mass is 10.3. The Morgan fingerprint density at radius 1 is 1.37 bits per heavy atom. The van der Waals surface area contributed by atoms with Crippen LogP contribution in [0.3, 0.4) is 0 Å². The topological polar surface area (TPSA) is 63.8 Å². The molecule has 0 aliphatic heterocycles. The molecular weight excluding hydrogens is 312 g/mol. The molecule has 1 heterocycles. The van der Waals surface area contributed by atoms with Crippen LogP contribution in [-0.2, 0) is 4.79 Å². The lowest BCUT2D eigenvalue weighted by molar-refractivity contribution is -0.123. The molecule has 0 radical (unpaired) electrons. The summed E-state index contributed by atoms with van der Waals surface area (Å²) in [5, 5.41) is 3.74. The summed E-state index contributed by atoms with van der Waals surface area (Å²) in [6.45, 7) is -0.113. The largest absolute Gasteiger partial charge is 0.483 e. The minimum absolute atomic E-state index is 0.113. The van der Waals surface area contributed by atoms with E-state index in [9.17, 15) is 4.79 Å². The van der Waals surface area contributed by atoms with Gasteiger partial charge in [0.25, 0.3) is 5.91 Å². The van der Waals surface area contributed by atoms with Crippen molar-refractivity contribution in [2.24, 2.45) is 5.10 Å². The number of carbonyl (C=O) groups is 1. The van der Waals surface area contributed by atoms with Gasteiger partial charge in [-0.3, -0.25) is 4.79 Å². The molecule has 2 rings (SSSR count). The van der Waals surface area contributed by atoms with Crippen LogP contribution in [0.15, 0.2) is 56.7 Å². The Bertz CT molecular complexity index is 567. The van der Waals surface area contributed by atoms with Crippen molar-refractivity contribution in [1.82, 2.24) is 5.43 Å². The van der Waals surface area contributed by atoms with Crippen LogP contribution in [-0.4, -0.2) is 18.7 Å². The van der Waals surface area contributed by atoms with Gasteiger partial charge in [-0.15, -0.1) is 0 Å². The number of ether oxygens (including phenoxy) is 1. The smallest absolute Gasteiger partial charge is 0.277 e. The third-order valence-corrected chi connectivity index (χ3v) is 2.77. The average Bonchev–Trinajstić information content (AvgIpc) is 2.91.